The Bertz CT molecular complexity index is 774. The zero-order chi connectivity index (χ0) is 19.7. The van der Waals surface area contributed by atoms with E-state index >= 15 is 0 Å². The molecule has 9 heteroatoms. The van der Waals surface area contributed by atoms with Crippen LogP contribution in [0.4, 0.5) is 4.39 Å². The molecule has 2 aliphatic heterocycles. The Morgan fingerprint density at radius 2 is 2.15 bits per heavy atom. The van der Waals surface area contributed by atoms with Gasteiger partial charge in [-0.25, -0.2) is 4.39 Å². The number of ether oxygens (including phenoxy) is 1. The zero-order valence-electron chi connectivity index (χ0n) is 14.7. The van der Waals surface area contributed by atoms with Crippen LogP contribution in [0.5, 0.6) is 0 Å². The van der Waals surface area contributed by atoms with Crippen LogP contribution in [0.2, 0.25) is 5.02 Å². The minimum Gasteiger partial charge on any atom is -0.481 e. The molecule has 1 aromatic carbocycles. The Hall–Kier alpha value is -2.19. The van der Waals surface area contributed by atoms with E-state index in [-0.39, 0.29) is 42.8 Å². The number of benzene rings is 1. The van der Waals surface area contributed by atoms with Gasteiger partial charge in [-0.15, -0.1) is 0 Å². The van der Waals surface area contributed by atoms with Crippen LogP contribution in [0.25, 0.3) is 0 Å². The molecule has 2 aliphatic rings. The lowest BCUT2D eigenvalue weighted by molar-refractivity contribution is -0.150. The summed E-state index contributed by atoms with van der Waals surface area (Å²) in [7, 11) is 1.58. The second kappa shape index (κ2) is 7.82. The van der Waals surface area contributed by atoms with E-state index in [1.54, 1.807) is 13.1 Å². The summed E-state index contributed by atoms with van der Waals surface area (Å²) in [6.45, 7) is 0.715. The molecule has 0 spiro atoms. The molecule has 1 N–H and O–H groups in total. The van der Waals surface area contributed by atoms with Crippen molar-refractivity contribution in [3.8, 4) is 0 Å². The summed E-state index contributed by atoms with van der Waals surface area (Å²) in [5, 5.41) is 8.90. The quantitative estimate of drug-likeness (QED) is 0.834. The van der Waals surface area contributed by atoms with Crippen LogP contribution in [0.3, 0.4) is 0 Å². The number of aliphatic carboxylic acids is 1. The minimum atomic E-state index is -1.00. The Balaban J connectivity index is 1.82. The molecule has 0 saturated carbocycles. The third kappa shape index (κ3) is 4.06. The van der Waals surface area contributed by atoms with Gasteiger partial charge in [0.15, 0.2) is 0 Å². The SMILES string of the molecule is CN1C(=O)CC(C(=O)N2CCOC(CC(=O)O)C2)C1c1ccc(Cl)c(F)c1. The predicted molar refractivity (Wildman–Crippen MR) is 93.6 cm³/mol. The molecular formula is C18H20ClFN2O5. The number of carboxylic acid groups (broad SMARTS) is 1. The highest BCUT2D eigenvalue weighted by atomic mass is 35.5. The molecule has 0 aliphatic carbocycles. The Labute approximate surface area is 160 Å². The van der Waals surface area contributed by atoms with Gasteiger partial charge in [-0.05, 0) is 17.7 Å². The zero-order valence-corrected chi connectivity index (χ0v) is 15.5. The molecule has 2 fully saturated rings. The largest absolute Gasteiger partial charge is 0.481 e. The summed E-state index contributed by atoms with van der Waals surface area (Å²) in [5.74, 6) is -2.75. The standard InChI is InChI=1S/C18H20ClFN2O5/c1-21-15(23)8-12(17(21)10-2-3-13(19)14(20)6-10)18(26)22-4-5-27-11(9-22)7-16(24)25/h2-3,6,11-12,17H,4-5,7-9H2,1H3,(H,24,25). The number of carbonyl (C=O) groups excluding carboxylic acids is 2. The second-order valence-electron chi connectivity index (χ2n) is 6.81. The van der Waals surface area contributed by atoms with Crippen LogP contribution in [-0.2, 0) is 19.1 Å². The number of carboxylic acids is 1. The lowest BCUT2D eigenvalue weighted by Gasteiger charge is -2.35. The third-order valence-electron chi connectivity index (χ3n) is 5.04. The van der Waals surface area contributed by atoms with E-state index in [4.69, 9.17) is 21.4 Å². The first-order valence-corrected chi connectivity index (χ1v) is 8.98. The number of halogens is 2. The molecule has 0 bridgehead atoms. The highest BCUT2D eigenvalue weighted by Crippen LogP contribution is 2.39. The summed E-state index contributed by atoms with van der Waals surface area (Å²) in [6, 6.07) is 3.66. The van der Waals surface area contributed by atoms with E-state index in [1.807, 2.05) is 0 Å². The van der Waals surface area contributed by atoms with Gasteiger partial charge >= 0.3 is 5.97 Å². The first kappa shape index (κ1) is 19.6. The van der Waals surface area contributed by atoms with Crippen molar-refractivity contribution in [3.05, 3.63) is 34.6 Å². The maximum absolute atomic E-state index is 13.9. The van der Waals surface area contributed by atoms with Crippen molar-refractivity contribution in [2.24, 2.45) is 5.92 Å². The van der Waals surface area contributed by atoms with E-state index in [2.05, 4.69) is 0 Å². The topological polar surface area (TPSA) is 87.2 Å². The highest BCUT2D eigenvalue weighted by molar-refractivity contribution is 6.30. The van der Waals surface area contributed by atoms with Gasteiger partial charge in [0.05, 0.1) is 36.1 Å². The Kier molecular flexibility index (Phi) is 5.67. The van der Waals surface area contributed by atoms with Gasteiger partial charge < -0.3 is 19.6 Å². The fourth-order valence-corrected chi connectivity index (χ4v) is 3.83. The normalized spacial score (nSPS) is 25.7. The molecule has 2 heterocycles. The van der Waals surface area contributed by atoms with Crippen molar-refractivity contribution in [1.82, 2.24) is 9.80 Å². The van der Waals surface area contributed by atoms with Crippen molar-refractivity contribution < 1.29 is 28.6 Å². The third-order valence-corrected chi connectivity index (χ3v) is 5.35. The van der Waals surface area contributed by atoms with Crippen LogP contribution in [0, 0.1) is 11.7 Å². The molecule has 27 heavy (non-hydrogen) atoms. The van der Waals surface area contributed by atoms with Crippen molar-refractivity contribution in [2.75, 3.05) is 26.7 Å². The summed E-state index contributed by atoms with van der Waals surface area (Å²) >= 11 is 5.74. The van der Waals surface area contributed by atoms with E-state index < -0.39 is 29.9 Å². The average molecular weight is 399 g/mol. The van der Waals surface area contributed by atoms with E-state index in [0.29, 0.717) is 12.1 Å². The smallest absolute Gasteiger partial charge is 0.306 e. The van der Waals surface area contributed by atoms with Crippen molar-refractivity contribution in [2.45, 2.75) is 25.0 Å². The monoisotopic (exact) mass is 398 g/mol. The summed E-state index contributed by atoms with van der Waals surface area (Å²) in [5.41, 5.74) is 0.499. The number of likely N-dealkylation sites (tertiary alicyclic amines) is 1. The highest BCUT2D eigenvalue weighted by Gasteiger charge is 2.45. The van der Waals surface area contributed by atoms with E-state index in [9.17, 15) is 18.8 Å². The Morgan fingerprint density at radius 3 is 2.81 bits per heavy atom. The molecule has 7 nitrogen and oxygen atoms in total. The van der Waals surface area contributed by atoms with Crippen molar-refractivity contribution in [1.29, 1.82) is 0 Å². The average Bonchev–Trinajstić information content (AvgIpc) is 2.91. The molecule has 2 amide bonds. The molecule has 3 atom stereocenters. The first-order chi connectivity index (χ1) is 12.8. The van der Waals surface area contributed by atoms with Gasteiger partial charge in [-0.3, -0.25) is 14.4 Å². The molecule has 1 aromatic rings. The van der Waals surface area contributed by atoms with Crippen LogP contribution in [0.15, 0.2) is 18.2 Å². The number of amides is 2. The Morgan fingerprint density at radius 1 is 1.41 bits per heavy atom. The van der Waals surface area contributed by atoms with Crippen LogP contribution in [-0.4, -0.2) is 65.5 Å². The molecular weight excluding hydrogens is 379 g/mol. The molecule has 0 aromatic heterocycles. The van der Waals surface area contributed by atoms with E-state index in [1.165, 1.54) is 21.9 Å². The van der Waals surface area contributed by atoms with E-state index in [0.717, 1.165) is 0 Å². The lowest BCUT2D eigenvalue weighted by atomic mass is 9.92. The number of morpholine rings is 1. The van der Waals surface area contributed by atoms with Gasteiger partial charge in [0.1, 0.15) is 5.82 Å². The van der Waals surface area contributed by atoms with Crippen LogP contribution >= 0.6 is 11.6 Å². The van der Waals surface area contributed by atoms with Crippen LogP contribution in [0.1, 0.15) is 24.4 Å². The maximum Gasteiger partial charge on any atom is 0.306 e. The van der Waals surface area contributed by atoms with Gasteiger partial charge in [-0.2, -0.15) is 0 Å². The number of nitrogens with zero attached hydrogens (tertiary/aromatic N) is 2. The van der Waals surface area contributed by atoms with Crippen LogP contribution < -0.4 is 0 Å². The first-order valence-electron chi connectivity index (χ1n) is 8.60. The molecule has 3 rings (SSSR count). The second-order valence-corrected chi connectivity index (χ2v) is 7.22. The van der Waals surface area contributed by atoms with Crippen molar-refractivity contribution >= 4 is 29.4 Å². The summed E-state index contributed by atoms with van der Waals surface area (Å²) in [6.07, 6.45) is -0.758. The molecule has 0 radical (unpaired) electrons. The van der Waals surface area contributed by atoms with Gasteiger partial charge in [-0.1, -0.05) is 17.7 Å². The van der Waals surface area contributed by atoms with Gasteiger partial charge in [0, 0.05) is 26.6 Å². The van der Waals surface area contributed by atoms with Gasteiger partial charge in [0.2, 0.25) is 11.8 Å². The predicted octanol–water partition coefficient (Wildman–Crippen LogP) is 1.70. The fraction of sp³-hybridized carbons (Fsp3) is 0.500. The molecule has 2 saturated heterocycles. The number of rotatable bonds is 4. The summed E-state index contributed by atoms with van der Waals surface area (Å²) < 4.78 is 19.3. The molecule has 3 unspecified atom stereocenters. The summed E-state index contributed by atoms with van der Waals surface area (Å²) in [4.78, 5) is 39.2. The lowest BCUT2D eigenvalue weighted by Crippen LogP contribution is -2.49. The minimum absolute atomic E-state index is 0.0190. The maximum atomic E-state index is 13.9. The van der Waals surface area contributed by atoms with Gasteiger partial charge in [0.25, 0.3) is 0 Å². The number of hydrogen-bond donors (Lipinski definition) is 1. The van der Waals surface area contributed by atoms with Crippen molar-refractivity contribution in [3.63, 3.8) is 0 Å². The number of carbonyl (C=O) groups is 3. The number of hydrogen-bond acceptors (Lipinski definition) is 4. The molecule has 146 valence electrons. The fourth-order valence-electron chi connectivity index (χ4n) is 3.72.